The van der Waals surface area contributed by atoms with Gasteiger partial charge in [-0.25, -0.2) is 0 Å². The molecule has 25 heavy (non-hydrogen) atoms. The quantitative estimate of drug-likeness (QED) is 0.742. The maximum Gasteiger partial charge on any atom is 0.251 e. The summed E-state index contributed by atoms with van der Waals surface area (Å²) < 4.78 is 2.03. The first-order valence-corrected chi connectivity index (χ1v) is 8.84. The Morgan fingerprint density at radius 1 is 0.920 bits per heavy atom. The van der Waals surface area contributed by atoms with E-state index >= 15 is 0 Å². The summed E-state index contributed by atoms with van der Waals surface area (Å²) in [5.74, 6) is 0.00117. The maximum atomic E-state index is 12.5. The second-order valence-electron chi connectivity index (χ2n) is 6.82. The van der Waals surface area contributed by atoms with Crippen molar-refractivity contribution >= 4 is 5.91 Å². The van der Waals surface area contributed by atoms with Gasteiger partial charge < -0.3 is 9.88 Å². The van der Waals surface area contributed by atoms with Crippen LogP contribution in [0.4, 0.5) is 0 Å². The zero-order valence-electron chi connectivity index (χ0n) is 14.2. The van der Waals surface area contributed by atoms with Gasteiger partial charge in [-0.15, -0.1) is 0 Å². The summed E-state index contributed by atoms with van der Waals surface area (Å²) in [6.45, 7) is 0.704. The molecule has 0 aliphatic heterocycles. The topological polar surface area (TPSA) is 34.0 Å². The highest BCUT2D eigenvalue weighted by atomic mass is 16.1. The van der Waals surface area contributed by atoms with Gasteiger partial charge in [0, 0.05) is 35.6 Å². The van der Waals surface area contributed by atoms with E-state index < -0.39 is 0 Å². The van der Waals surface area contributed by atoms with E-state index in [0.717, 1.165) is 18.5 Å². The highest BCUT2D eigenvalue weighted by Crippen LogP contribution is 2.43. The van der Waals surface area contributed by atoms with Gasteiger partial charge in [0.05, 0.1) is 0 Å². The molecule has 0 unspecified atom stereocenters. The van der Waals surface area contributed by atoms with Crippen molar-refractivity contribution in [1.29, 1.82) is 0 Å². The second kappa shape index (κ2) is 6.60. The summed E-state index contributed by atoms with van der Waals surface area (Å²) >= 11 is 0. The monoisotopic (exact) mass is 330 g/mol. The number of hydrogen-bond donors (Lipinski definition) is 1. The molecule has 3 aromatic rings. The first-order valence-electron chi connectivity index (χ1n) is 8.84. The molecule has 0 atom stereocenters. The molecule has 1 aromatic heterocycles. The van der Waals surface area contributed by atoms with Crippen molar-refractivity contribution in [2.24, 2.45) is 0 Å². The highest BCUT2D eigenvalue weighted by Gasteiger charge is 2.38. The number of hydrogen-bond acceptors (Lipinski definition) is 1. The second-order valence-corrected chi connectivity index (χ2v) is 6.82. The number of benzene rings is 2. The van der Waals surface area contributed by atoms with Crippen molar-refractivity contribution in [3.63, 3.8) is 0 Å². The zero-order chi connectivity index (χ0) is 17.1. The number of amides is 1. The lowest BCUT2D eigenvalue weighted by Crippen LogP contribution is -2.45. The third kappa shape index (κ3) is 3.10. The lowest BCUT2D eigenvalue weighted by Gasteiger charge is -2.42. The highest BCUT2D eigenvalue weighted by molar-refractivity contribution is 5.94. The van der Waals surface area contributed by atoms with E-state index in [4.69, 9.17) is 0 Å². The SMILES string of the molecule is O=C(NCC1(c2ccccc2)CCC1)c1ccc(-n2cccc2)cc1. The molecule has 1 aliphatic rings. The van der Waals surface area contributed by atoms with E-state index in [1.54, 1.807) is 0 Å². The fourth-order valence-corrected chi connectivity index (χ4v) is 3.61. The molecular weight excluding hydrogens is 308 g/mol. The van der Waals surface area contributed by atoms with Crippen LogP contribution in [0, 0.1) is 0 Å². The van der Waals surface area contributed by atoms with E-state index in [0.29, 0.717) is 12.1 Å². The summed E-state index contributed by atoms with van der Waals surface area (Å²) in [4.78, 5) is 12.5. The molecule has 126 valence electrons. The Bertz CT molecular complexity index is 832. The smallest absolute Gasteiger partial charge is 0.251 e. The molecule has 0 spiro atoms. The van der Waals surface area contributed by atoms with Crippen LogP contribution in [0.2, 0.25) is 0 Å². The Kier molecular flexibility index (Phi) is 4.14. The molecule has 1 amide bonds. The van der Waals surface area contributed by atoms with E-state index in [1.165, 1.54) is 12.0 Å². The van der Waals surface area contributed by atoms with Gasteiger partial charge in [-0.1, -0.05) is 36.8 Å². The van der Waals surface area contributed by atoms with E-state index in [1.807, 2.05) is 59.4 Å². The van der Waals surface area contributed by atoms with Gasteiger partial charge >= 0.3 is 0 Å². The number of nitrogens with one attached hydrogen (secondary N) is 1. The summed E-state index contributed by atoms with van der Waals surface area (Å²) in [6, 6.07) is 22.3. The van der Waals surface area contributed by atoms with Crippen LogP contribution in [0.5, 0.6) is 0 Å². The average Bonchev–Trinajstić information content (AvgIpc) is 3.16. The maximum absolute atomic E-state index is 12.5. The molecule has 1 fully saturated rings. The van der Waals surface area contributed by atoms with E-state index in [2.05, 4.69) is 29.6 Å². The molecule has 1 heterocycles. The molecule has 4 rings (SSSR count). The summed E-state index contributed by atoms with van der Waals surface area (Å²) in [5.41, 5.74) is 3.21. The predicted octanol–water partition coefficient (Wildman–Crippen LogP) is 4.33. The van der Waals surface area contributed by atoms with Crippen LogP contribution in [0.25, 0.3) is 5.69 Å². The summed E-state index contributed by atoms with van der Waals surface area (Å²) in [6.07, 6.45) is 7.51. The van der Waals surface area contributed by atoms with Crippen molar-refractivity contribution in [3.05, 3.63) is 90.3 Å². The molecule has 0 saturated heterocycles. The number of nitrogens with zero attached hydrogens (tertiary/aromatic N) is 1. The average molecular weight is 330 g/mol. The molecule has 0 radical (unpaired) electrons. The van der Waals surface area contributed by atoms with Crippen LogP contribution in [0.1, 0.15) is 35.2 Å². The number of carbonyl (C=O) groups is 1. The Morgan fingerprint density at radius 3 is 2.20 bits per heavy atom. The Labute approximate surface area is 148 Å². The zero-order valence-corrected chi connectivity index (χ0v) is 14.2. The predicted molar refractivity (Wildman–Crippen MR) is 100 cm³/mol. The van der Waals surface area contributed by atoms with Gasteiger partial charge in [0.1, 0.15) is 0 Å². The van der Waals surface area contributed by atoms with Crippen LogP contribution < -0.4 is 5.32 Å². The standard InChI is InChI=1S/C22H22N2O/c25-21(18-9-11-20(12-10-18)24-15-4-5-16-24)23-17-22(13-6-14-22)19-7-2-1-3-8-19/h1-5,7-12,15-16H,6,13-14,17H2,(H,23,25). The van der Waals surface area contributed by atoms with Crippen LogP contribution in [0.3, 0.4) is 0 Å². The minimum absolute atomic E-state index is 0.00117. The molecule has 1 N–H and O–H groups in total. The summed E-state index contributed by atoms with van der Waals surface area (Å²) in [7, 11) is 0. The van der Waals surface area contributed by atoms with Crippen LogP contribution >= 0.6 is 0 Å². The fraction of sp³-hybridized carbons (Fsp3) is 0.227. The molecule has 1 aliphatic carbocycles. The number of rotatable bonds is 5. The molecule has 2 aromatic carbocycles. The Balaban J connectivity index is 1.43. The van der Waals surface area contributed by atoms with Crippen molar-refractivity contribution in [3.8, 4) is 5.69 Å². The molecule has 1 saturated carbocycles. The minimum Gasteiger partial charge on any atom is -0.351 e. The van der Waals surface area contributed by atoms with Gasteiger partial charge in [0.25, 0.3) is 5.91 Å². The minimum atomic E-state index is 0.00117. The van der Waals surface area contributed by atoms with Crippen molar-refractivity contribution in [2.75, 3.05) is 6.54 Å². The third-order valence-electron chi connectivity index (χ3n) is 5.32. The number of aromatic nitrogens is 1. The van der Waals surface area contributed by atoms with Gasteiger partial charge in [0.15, 0.2) is 0 Å². The first kappa shape index (κ1) is 15.7. The van der Waals surface area contributed by atoms with Gasteiger partial charge in [0.2, 0.25) is 0 Å². The van der Waals surface area contributed by atoms with E-state index in [9.17, 15) is 4.79 Å². The molecule has 3 nitrogen and oxygen atoms in total. The Morgan fingerprint density at radius 2 is 1.60 bits per heavy atom. The molecular formula is C22H22N2O. The van der Waals surface area contributed by atoms with Crippen LogP contribution in [0.15, 0.2) is 79.1 Å². The fourth-order valence-electron chi connectivity index (χ4n) is 3.61. The lowest BCUT2D eigenvalue weighted by molar-refractivity contribution is 0.0928. The Hall–Kier alpha value is -2.81. The normalized spacial score (nSPS) is 15.4. The van der Waals surface area contributed by atoms with Gasteiger partial charge in [-0.3, -0.25) is 4.79 Å². The molecule has 0 bridgehead atoms. The number of carbonyl (C=O) groups excluding carboxylic acids is 1. The van der Waals surface area contributed by atoms with Crippen LogP contribution in [-0.2, 0) is 5.41 Å². The van der Waals surface area contributed by atoms with E-state index in [-0.39, 0.29) is 11.3 Å². The summed E-state index contributed by atoms with van der Waals surface area (Å²) in [5, 5.41) is 3.15. The van der Waals surface area contributed by atoms with Gasteiger partial charge in [-0.05, 0) is 54.8 Å². The third-order valence-corrected chi connectivity index (χ3v) is 5.32. The van der Waals surface area contributed by atoms with Gasteiger partial charge in [-0.2, -0.15) is 0 Å². The van der Waals surface area contributed by atoms with Crippen molar-refractivity contribution in [1.82, 2.24) is 9.88 Å². The largest absolute Gasteiger partial charge is 0.351 e. The van der Waals surface area contributed by atoms with Crippen molar-refractivity contribution in [2.45, 2.75) is 24.7 Å². The lowest BCUT2D eigenvalue weighted by atomic mass is 9.64. The first-order chi connectivity index (χ1) is 12.3. The van der Waals surface area contributed by atoms with Crippen LogP contribution in [-0.4, -0.2) is 17.0 Å². The van der Waals surface area contributed by atoms with Crippen molar-refractivity contribution < 1.29 is 4.79 Å². The molecule has 3 heteroatoms.